The van der Waals surface area contributed by atoms with Crippen molar-refractivity contribution >= 4 is 10.8 Å². The third-order valence-corrected chi connectivity index (χ3v) is 11.7. The zero-order chi connectivity index (χ0) is 35.2. The number of aromatic nitrogens is 2. The van der Waals surface area contributed by atoms with Crippen LogP contribution in [0.15, 0.2) is 158 Å². The highest BCUT2D eigenvalue weighted by molar-refractivity contribution is 5.96. The Morgan fingerprint density at radius 3 is 1.63 bits per heavy atom. The lowest BCUT2D eigenvalue weighted by Crippen LogP contribution is -2.14. The van der Waals surface area contributed by atoms with Crippen LogP contribution in [0.25, 0.3) is 78.1 Å². The zero-order valence-corrected chi connectivity index (χ0v) is 29.9. The molecule has 0 fully saturated rings. The molecule has 1 heterocycles. The SMILES string of the molecule is CC1(C)c2ccccc2-c2ccc(-c3cc(-c4ccccc4)nc(-c4cccc(-c5ccc6cc7c(cc6c5)-c5ccccc5C7(C)C)c4)n3)cc21. The Morgan fingerprint density at radius 2 is 0.885 bits per heavy atom. The molecule has 10 rings (SSSR count). The molecule has 0 spiro atoms. The van der Waals surface area contributed by atoms with Crippen LogP contribution in [0, 0.1) is 0 Å². The molecule has 7 aromatic carbocycles. The van der Waals surface area contributed by atoms with E-state index < -0.39 is 0 Å². The second-order valence-corrected chi connectivity index (χ2v) is 15.5. The molecule has 0 amide bonds. The molecule has 0 atom stereocenters. The number of rotatable bonds is 4. The summed E-state index contributed by atoms with van der Waals surface area (Å²) in [7, 11) is 0. The van der Waals surface area contributed by atoms with Crippen molar-refractivity contribution in [1.29, 1.82) is 0 Å². The van der Waals surface area contributed by atoms with E-state index in [4.69, 9.17) is 9.97 Å². The molecule has 0 radical (unpaired) electrons. The number of benzene rings is 7. The van der Waals surface area contributed by atoms with Gasteiger partial charge in [-0.3, -0.25) is 0 Å². The normalized spacial score (nSPS) is 14.5. The molecule has 52 heavy (non-hydrogen) atoms. The van der Waals surface area contributed by atoms with Gasteiger partial charge >= 0.3 is 0 Å². The first-order chi connectivity index (χ1) is 25.3. The summed E-state index contributed by atoms with van der Waals surface area (Å²) in [5, 5.41) is 2.52. The molecule has 2 aliphatic carbocycles. The molecule has 2 aliphatic rings. The molecule has 2 heteroatoms. The van der Waals surface area contributed by atoms with Gasteiger partial charge in [-0.2, -0.15) is 0 Å². The minimum Gasteiger partial charge on any atom is -0.228 e. The summed E-state index contributed by atoms with van der Waals surface area (Å²) in [6.07, 6.45) is 0. The number of fused-ring (bicyclic) bond motifs is 7. The Bertz CT molecular complexity index is 2730. The van der Waals surface area contributed by atoms with E-state index in [0.29, 0.717) is 0 Å². The Hall–Kier alpha value is -6.12. The first-order valence-electron chi connectivity index (χ1n) is 18.2. The number of nitrogens with zero attached hydrogens (tertiary/aromatic N) is 2. The van der Waals surface area contributed by atoms with E-state index in [-0.39, 0.29) is 10.8 Å². The number of hydrogen-bond donors (Lipinski definition) is 0. The smallest absolute Gasteiger partial charge is 0.160 e. The van der Waals surface area contributed by atoms with Gasteiger partial charge in [0.25, 0.3) is 0 Å². The van der Waals surface area contributed by atoms with Gasteiger partial charge in [-0.25, -0.2) is 9.97 Å². The fraction of sp³-hybridized carbons (Fsp3) is 0.120. The van der Waals surface area contributed by atoms with Gasteiger partial charge in [-0.05, 0) is 103 Å². The Balaban J connectivity index is 1.08. The summed E-state index contributed by atoms with van der Waals surface area (Å²) in [6, 6.07) is 57.4. The fourth-order valence-corrected chi connectivity index (χ4v) is 8.81. The van der Waals surface area contributed by atoms with E-state index >= 15 is 0 Å². The molecule has 0 saturated carbocycles. The molecule has 8 aromatic rings. The molecule has 0 bridgehead atoms. The lowest BCUT2D eigenvalue weighted by molar-refractivity contribution is 0.660. The Labute approximate surface area is 305 Å². The quantitative estimate of drug-likeness (QED) is 0.187. The minimum absolute atomic E-state index is 0.0126. The van der Waals surface area contributed by atoms with Crippen molar-refractivity contribution in [3.63, 3.8) is 0 Å². The topological polar surface area (TPSA) is 25.8 Å². The van der Waals surface area contributed by atoms with Crippen molar-refractivity contribution in [2.24, 2.45) is 0 Å². The lowest BCUT2D eigenvalue weighted by Gasteiger charge is -2.22. The Kier molecular flexibility index (Phi) is 6.60. The highest BCUT2D eigenvalue weighted by atomic mass is 14.9. The van der Waals surface area contributed by atoms with Gasteiger partial charge in [-0.15, -0.1) is 0 Å². The van der Waals surface area contributed by atoms with Crippen molar-refractivity contribution in [2.75, 3.05) is 0 Å². The predicted octanol–water partition coefficient (Wildman–Crippen LogP) is 12.9. The van der Waals surface area contributed by atoms with Crippen LogP contribution < -0.4 is 0 Å². The summed E-state index contributed by atoms with van der Waals surface area (Å²) in [4.78, 5) is 10.5. The van der Waals surface area contributed by atoms with Crippen LogP contribution in [0.5, 0.6) is 0 Å². The molecule has 0 unspecified atom stereocenters. The van der Waals surface area contributed by atoms with Crippen LogP contribution in [0.4, 0.5) is 0 Å². The third-order valence-electron chi connectivity index (χ3n) is 11.7. The monoisotopic (exact) mass is 666 g/mol. The molecule has 248 valence electrons. The highest BCUT2D eigenvalue weighted by Crippen LogP contribution is 2.51. The maximum atomic E-state index is 5.27. The molecular formula is C50H38N2. The van der Waals surface area contributed by atoms with Crippen LogP contribution >= 0.6 is 0 Å². The van der Waals surface area contributed by atoms with Gasteiger partial charge in [0.2, 0.25) is 0 Å². The van der Waals surface area contributed by atoms with E-state index in [1.165, 1.54) is 60.8 Å². The molecule has 1 aromatic heterocycles. The van der Waals surface area contributed by atoms with Gasteiger partial charge in [0.15, 0.2) is 5.82 Å². The van der Waals surface area contributed by atoms with Crippen molar-refractivity contribution in [3.05, 3.63) is 180 Å². The van der Waals surface area contributed by atoms with Gasteiger partial charge in [-0.1, -0.05) is 149 Å². The van der Waals surface area contributed by atoms with E-state index in [1.807, 2.05) is 6.07 Å². The average molecular weight is 667 g/mol. The van der Waals surface area contributed by atoms with Crippen molar-refractivity contribution in [1.82, 2.24) is 9.97 Å². The first-order valence-corrected chi connectivity index (χ1v) is 18.2. The van der Waals surface area contributed by atoms with Gasteiger partial charge in [0.05, 0.1) is 11.4 Å². The lowest BCUT2D eigenvalue weighted by atomic mass is 9.82. The minimum atomic E-state index is -0.0894. The summed E-state index contributed by atoms with van der Waals surface area (Å²) < 4.78 is 0. The van der Waals surface area contributed by atoms with Gasteiger partial charge < -0.3 is 0 Å². The largest absolute Gasteiger partial charge is 0.228 e. The zero-order valence-electron chi connectivity index (χ0n) is 29.9. The third kappa shape index (κ3) is 4.64. The first kappa shape index (κ1) is 30.7. The molecule has 2 nitrogen and oxygen atoms in total. The van der Waals surface area contributed by atoms with E-state index in [0.717, 1.165) is 39.5 Å². The van der Waals surface area contributed by atoms with Crippen molar-refractivity contribution < 1.29 is 0 Å². The fourth-order valence-electron chi connectivity index (χ4n) is 8.81. The van der Waals surface area contributed by atoms with Crippen molar-refractivity contribution in [3.8, 4) is 67.3 Å². The van der Waals surface area contributed by atoms with E-state index in [1.54, 1.807) is 0 Å². The van der Waals surface area contributed by atoms with E-state index in [2.05, 4.69) is 179 Å². The highest BCUT2D eigenvalue weighted by Gasteiger charge is 2.36. The Morgan fingerprint density at radius 1 is 0.327 bits per heavy atom. The number of hydrogen-bond acceptors (Lipinski definition) is 2. The maximum absolute atomic E-state index is 5.27. The van der Waals surface area contributed by atoms with Crippen LogP contribution in [-0.2, 0) is 10.8 Å². The summed E-state index contributed by atoms with van der Waals surface area (Å²) in [5.41, 5.74) is 18.1. The summed E-state index contributed by atoms with van der Waals surface area (Å²) >= 11 is 0. The second kappa shape index (κ2) is 11.2. The molecule has 0 saturated heterocycles. The average Bonchev–Trinajstić information content (AvgIpc) is 3.56. The maximum Gasteiger partial charge on any atom is 0.160 e. The molecular weight excluding hydrogens is 629 g/mol. The molecule has 0 aliphatic heterocycles. The summed E-state index contributed by atoms with van der Waals surface area (Å²) in [6.45, 7) is 9.34. The molecule has 0 N–H and O–H groups in total. The van der Waals surface area contributed by atoms with Crippen LogP contribution in [-0.4, -0.2) is 9.97 Å². The second-order valence-electron chi connectivity index (χ2n) is 15.5. The standard InChI is InChI=1S/C50H38N2/c1-49(2)42-19-10-8-17-38(42)40-24-23-35(29-44(40)49)47-30-46(31-13-6-5-7-14-31)51-48(52-47)36-16-12-15-32(25-36)33-21-22-34-28-45-41(27-37(34)26-33)39-18-9-11-20-43(39)50(45,3)4/h5-30H,1-4H3. The van der Waals surface area contributed by atoms with Crippen molar-refractivity contribution in [2.45, 2.75) is 38.5 Å². The van der Waals surface area contributed by atoms with Gasteiger partial charge in [0, 0.05) is 27.5 Å². The van der Waals surface area contributed by atoms with Crippen LogP contribution in [0.1, 0.15) is 49.9 Å². The van der Waals surface area contributed by atoms with E-state index in [9.17, 15) is 0 Å². The predicted molar refractivity (Wildman–Crippen MR) is 216 cm³/mol. The van der Waals surface area contributed by atoms with Crippen LogP contribution in [0.3, 0.4) is 0 Å². The van der Waals surface area contributed by atoms with Crippen LogP contribution in [0.2, 0.25) is 0 Å². The van der Waals surface area contributed by atoms with Gasteiger partial charge in [0.1, 0.15) is 0 Å². The summed E-state index contributed by atoms with van der Waals surface area (Å²) in [5.74, 6) is 0.721.